The van der Waals surface area contributed by atoms with E-state index in [1.165, 1.54) is 12.1 Å². The molecule has 2 N–H and O–H groups in total. The average Bonchev–Trinajstić information content (AvgIpc) is 2.34. The van der Waals surface area contributed by atoms with E-state index in [-0.39, 0.29) is 11.1 Å². The lowest BCUT2D eigenvalue weighted by Crippen LogP contribution is -2.34. The second-order valence-electron chi connectivity index (χ2n) is 5.86. The van der Waals surface area contributed by atoms with E-state index in [4.69, 9.17) is 0 Å². The lowest BCUT2D eigenvalue weighted by molar-refractivity contribution is -0.384. The van der Waals surface area contributed by atoms with Gasteiger partial charge in [0.05, 0.1) is 17.1 Å². The zero-order chi connectivity index (χ0) is 15.3. The molecule has 0 spiro atoms. The van der Waals surface area contributed by atoms with Gasteiger partial charge in [0.25, 0.3) is 5.69 Å². The van der Waals surface area contributed by atoms with Crippen molar-refractivity contribution in [2.45, 2.75) is 13.8 Å². The van der Waals surface area contributed by atoms with Crippen LogP contribution in [0.2, 0.25) is 0 Å². The summed E-state index contributed by atoms with van der Waals surface area (Å²) >= 11 is 0. The molecule has 1 rings (SSSR count). The number of hydrogen-bond donors (Lipinski definition) is 2. The summed E-state index contributed by atoms with van der Waals surface area (Å²) in [4.78, 5) is 16.9. The number of aromatic nitrogens is 1. The maximum Gasteiger partial charge on any atom is 0.276 e. The van der Waals surface area contributed by atoms with E-state index in [1.54, 1.807) is 7.05 Å². The lowest BCUT2D eigenvalue weighted by atomic mass is 9.93. The maximum atomic E-state index is 10.9. The Hall–Kier alpha value is -1.89. The van der Waals surface area contributed by atoms with Gasteiger partial charge in [0.1, 0.15) is 11.6 Å². The molecule has 0 amide bonds. The van der Waals surface area contributed by atoms with Crippen LogP contribution in [0.3, 0.4) is 0 Å². The minimum absolute atomic E-state index is 0.0252. The summed E-state index contributed by atoms with van der Waals surface area (Å²) in [6, 6.07) is 2.86. The summed E-state index contributed by atoms with van der Waals surface area (Å²) < 4.78 is 0. The molecule has 20 heavy (non-hydrogen) atoms. The van der Waals surface area contributed by atoms with Crippen LogP contribution >= 0.6 is 0 Å². The van der Waals surface area contributed by atoms with Crippen molar-refractivity contribution in [2.75, 3.05) is 44.9 Å². The van der Waals surface area contributed by atoms with Gasteiger partial charge in [0, 0.05) is 20.1 Å². The fourth-order valence-corrected chi connectivity index (χ4v) is 2.08. The summed E-state index contributed by atoms with van der Waals surface area (Å²) in [5.41, 5.74) is 0.0626. The fraction of sp³-hybridized carbons (Fsp3) is 0.615. The van der Waals surface area contributed by atoms with Crippen LogP contribution in [0.5, 0.6) is 0 Å². The van der Waals surface area contributed by atoms with Crippen molar-refractivity contribution >= 4 is 17.3 Å². The van der Waals surface area contributed by atoms with E-state index in [2.05, 4.69) is 34.4 Å². The van der Waals surface area contributed by atoms with E-state index >= 15 is 0 Å². The molecule has 0 aliphatic rings. The van der Waals surface area contributed by atoms with Gasteiger partial charge < -0.3 is 15.5 Å². The molecule has 0 aromatic carbocycles. The third kappa shape index (κ3) is 5.00. The molecule has 0 saturated heterocycles. The van der Waals surface area contributed by atoms with Crippen molar-refractivity contribution in [3.63, 3.8) is 0 Å². The van der Waals surface area contributed by atoms with E-state index in [9.17, 15) is 10.1 Å². The fourth-order valence-electron chi connectivity index (χ4n) is 2.08. The molecule has 0 fully saturated rings. The first kappa shape index (κ1) is 16.2. The van der Waals surface area contributed by atoms with Gasteiger partial charge in [-0.25, -0.2) is 4.98 Å². The first-order valence-electron chi connectivity index (χ1n) is 6.46. The standard InChI is InChI=1S/C13H23N5O2/c1-13(2,9-17(4)5)8-15-12-7-10(18(19)20)6-11(14-3)16-12/h6-7H,8-9H2,1-5H3,(H2,14,15,16). The van der Waals surface area contributed by atoms with Crippen LogP contribution in [0.25, 0.3) is 0 Å². The number of anilines is 2. The number of rotatable bonds is 7. The predicted molar refractivity (Wildman–Crippen MR) is 81.3 cm³/mol. The number of pyridine rings is 1. The van der Waals surface area contributed by atoms with E-state index < -0.39 is 4.92 Å². The number of nitrogens with one attached hydrogen (secondary N) is 2. The van der Waals surface area contributed by atoms with Crippen molar-refractivity contribution < 1.29 is 4.92 Å². The summed E-state index contributed by atoms with van der Waals surface area (Å²) in [6.07, 6.45) is 0. The SMILES string of the molecule is CNc1cc([N+](=O)[O-])cc(NCC(C)(C)CN(C)C)n1. The Labute approximate surface area is 119 Å². The zero-order valence-corrected chi connectivity index (χ0v) is 12.7. The van der Waals surface area contributed by atoms with Gasteiger partial charge in [-0.3, -0.25) is 10.1 Å². The highest BCUT2D eigenvalue weighted by molar-refractivity contribution is 5.54. The third-order valence-electron chi connectivity index (χ3n) is 2.77. The average molecular weight is 281 g/mol. The Bertz CT molecular complexity index is 474. The van der Waals surface area contributed by atoms with Crippen LogP contribution in [0.4, 0.5) is 17.3 Å². The van der Waals surface area contributed by atoms with Crippen LogP contribution in [-0.4, -0.2) is 49.0 Å². The van der Waals surface area contributed by atoms with Crippen molar-refractivity contribution in [1.29, 1.82) is 0 Å². The summed E-state index contributed by atoms with van der Waals surface area (Å²) in [5, 5.41) is 16.9. The topological polar surface area (TPSA) is 83.3 Å². The first-order valence-corrected chi connectivity index (χ1v) is 6.46. The van der Waals surface area contributed by atoms with Gasteiger partial charge in [-0.15, -0.1) is 0 Å². The Morgan fingerprint density at radius 3 is 2.45 bits per heavy atom. The van der Waals surface area contributed by atoms with Crippen molar-refractivity contribution in [1.82, 2.24) is 9.88 Å². The Kier molecular flexibility index (Phi) is 5.26. The largest absolute Gasteiger partial charge is 0.373 e. The molecule has 112 valence electrons. The highest BCUT2D eigenvalue weighted by Gasteiger charge is 2.19. The smallest absolute Gasteiger partial charge is 0.276 e. The lowest BCUT2D eigenvalue weighted by Gasteiger charge is -2.28. The predicted octanol–water partition coefficient (Wildman–Crippen LogP) is 2.03. The Balaban J connectivity index is 2.82. The number of nitrogens with zero attached hydrogens (tertiary/aromatic N) is 3. The van der Waals surface area contributed by atoms with Gasteiger partial charge in [0.2, 0.25) is 0 Å². The molecule has 0 unspecified atom stereocenters. The van der Waals surface area contributed by atoms with Crippen molar-refractivity contribution in [2.24, 2.45) is 5.41 Å². The molecule has 7 heteroatoms. The van der Waals surface area contributed by atoms with Crippen LogP contribution in [-0.2, 0) is 0 Å². The molecular weight excluding hydrogens is 258 g/mol. The van der Waals surface area contributed by atoms with E-state index in [0.717, 1.165) is 6.54 Å². The second-order valence-corrected chi connectivity index (χ2v) is 5.86. The molecule has 1 aromatic heterocycles. The summed E-state index contributed by atoms with van der Waals surface area (Å²) in [5.74, 6) is 0.988. The minimum Gasteiger partial charge on any atom is -0.373 e. The minimum atomic E-state index is -0.418. The molecule has 0 aliphatic carbocycles. The van der Waals surface area contributed by atoms with Crippen LogP contribution in [0.1, 0.15) is 13.8 Å². The first-order chi connectivity index (χ1) is 9.23. The van der Waals surface area contributed by atoms with Gasteiger partial charge in [-0.05, 0) is 19.5 Å². The quantitative estimate of drug-likeness (QED) is 0.588. The third-order valence-corrected chi connectivity index (χ3v) is 2.77. The Morgan fingerprint density at radius 2 is 1.95 bits per heavy atom. The van der Waals surface area contributed by atoms with Crippen LogP contribution in [0, 0.1) is 15.5 Å². The normalized spacial score (nSPS) is 11.5. The highest BCUT2D eigenvalue weighted by Crippen LogP contribution is 2.22. The molecule has 1 heterocycles. The molecule has 0 bridgehead atoms. The second kappa shape index (κ2) is 6.51. The van der Waals surface area contributed by atoms with Crippen molar-refractivity contribution in [3.05, 3.63) is 22.2 Å². The zero-order valence-electron chi connectivity index (χ0n) is 12.7. The van der Waals surface area contributed by atoms with Gasteiger partial charge in [-0.2, -0.15) is 0 Å². The van der Waals surface area contributed by atoms with Gasteiger partial charge in [-0.1, -0.05) is 13.8 Å². The molecule has 0 saturated carbocycles. The highest BCUT2D eigenvalue weighted by atomic mass is 16.6. The molecule has 1 aromatic rings. The molecule has 7 nitrogen and oxygen atoms in total. The molecule has 0 atom stereocenters. The molecule has 0 radical (unpaired) electrons. The molecule has 0 aliphatic heterocycles. The monoisotopic (exact) mass is 281 g/mol. The summed E-state index contributed by atoms with van der Waals surface area (Å²) in [6.45, 7) is 5.86. The number of hydrogen-bond acceptors (Lipinski definition) is 6. The summed E-state index contributed by atoms with van der Waals surface area (Å²) in [7, 11) is 5.73. The number of nitro groups is 1. The van der Waals surface area contributed by atoms with E-state index in [1.807, 2.05) is 14.1 Å². The van der Waals surface area contributed by atoms with Gasteiger partial charge in [0.15, 0.2) is 0 Å². The van der Waals surface area contributed by atoms with Crippen LogP contribution < -0.4 is 10.6 Å². The van der Waals surface area contributed by atoms with E-state index in [0.29, 0.717) is 18.2 Å². The maximum absolute atomic E-state index is 10.9. The van der Waals surface area contributed by atoms with Gasteiger partial charge >= 0.3 is 0 Å². The molecular formula is C13H23N5O2. The van der Waals surface area contributed by atoms with Crippen LogP contribution in [0.15, 0.2) is 12.1 Å². The Morgan fingerprint density at radius 1 is 1.35 bits per heavy atom. The van der Waals surface area contributed by atoms with Crippen molar-refractivity contribution in [3.8, 4) is 0 Å².